The van der Waals surface area contributed by atoms with Crippen molar-refractivity contribution in [2.45, 2.75) is 26.7 Å². The van der Waals surface area contributed by atoms with Gasteiger partial charge >= 0.3 is 0 Å². The number of carbonyl (C=O) groups is 1. The molecule has 0 fully saturated rings. The van der Waals surface area contributed by atoms with Crippen LogP contribution < -0.4 is 10.1 Å². The first kappa shape index (κ1) is 16.0. The standard InChI is InChI=1S/C15H21NO2.ClH/c1-3-4-8-16-9-12-10-18-15-11(2)6-5-7-13(15)14(12)17;/h5-7,12,16H,3-4,8-10H2,1-2H3;1H. The average Bonchev–Trinajstić information content (AvgIpc) is 2.38. The molecule has 0 saturated heterocycles. The molecule has 0 aromatic heterocycles. The third kappa shape index (κ3) is 3.71. The summed E-state index contributed by atoms with van der Waals surface area (Å²) in [5.74, 6) is 0.937. The van der Waals surface area contributed by atoms with Crippen LogP contribution in [0.2, 0.25) is 0 Å². The van der Waals surface area contributed by atoms with E-state index in [2.05, 4.69) is 12.2 Å². The fourth-order valence-electron chi connectivity index (χ4n) is 2.25. The van der Waals surface area contributed by atoms with Crippen LogP contribution in [0.5, 0.6) is 5.75 Å². The van der Waals surface area contributed by atoms with Gasteiger partial charge in [-0.25, -0.2) is 0 Å². The zero-order valence-corrected chi connectivity index (χ0v) is 12.4. The van der Waals surface area contributed by atoms with E-state index < -0.39 is 0 Å². The van der Waals surface area contributed by atoms with Crippen LogP contribution in [0.25, 0.3) is 0 Å². The quantitative estimate of drug-likeness (QED) is 0.844. The van der Waals surface area contributed by atoms with Crippen LogP contribution >= 0.6 is 12.4 Å². The first-order chi connectivity index (χ1) is 8.74. The van der Waals surface area contributed by atoms with Crippen molar-refractivity contribution in [1.29, 1.82) is 0 Å². The second kappa shape index (κ2) is 7.51. The van der Waals surface area contributed by atoms with E-state index >= 15 is 0 Å². The lowest BCUT2D eigenvalue weighted by Crippen LogP contribution is -2.36. The highest BCUT2D eigenvalue weighted by atomic mass is 35.5. The van der Waals surface area contributed by atoms with Crippen molar-refractivity contribution in [3.05, 3.63) is 29.3 Å². The lowest BCUT2D eigenvalue weighted by Gasteiger charge is -2.25. The number of hydrogen-bond acceptors (Lipinski definition) is 3. The summed E-state index contributed by atoms with van der Waals surface area (Å²) < 4.78 is 5.73. The number of rotatable bonds is 5. The van der Waals surface area contributed by atoms with Crippen molar-refractivity contribution in [1.82, 2.24) is 5.32 Å². The highest BCUT2D eigenvalue weighted by Gasteiger charge is 2.28. The second-order valence-electron chi connectivity index (χ2n) is 4.88. The summed E-state index contributed by atoms with van der Waals surface area (Å²) in [4.78, 5) is 12.3. The van der Waals surface area contributed by atoms with Crippen LogP contribution in [0.15, 0.2) is 18.2 Å². The van der Waals surface area contributed by atoms with E-state index in [9.17, 15) is 4.79 Å². The Morgan fingerprint density at radius 3 is 2.95 bits per heavy atom. The molecule has 4 heteroatoms. The van der Waals surface area contributed by atoms with E-state index in [1.54, 1.807) is 0 Å². The summed E-state index contributed by atoms with van der Waals surface area (Å²) in [7, 11) is 0. The lowest BCUT2D eigenvalue weighted by molar-refractivity contribution is 0.0829. The van der Waals surface area contributed by atoms with E-state index in [1.165, 1.54) is 6.42 Å². The van der Waals surface area contributed by atoms with Crippen molar-refractivity contribution in [2.24, 2.45) is 5.92 Å². The van der Waals surface area contributed by atoms with Crippen molar-refractivity contribution in [2.75, 3.05) is 19.7 Å². The Morgan fingerprint density at radius 2 is 2.21 bits per heavy atom. The maximum atomic E-state index is 12.3. The molecule has 1 aromatic rings. The highest BCUT2D eigenvalue weighted by Crippen LogP contribution is 2.30. The number of hydrogen-bond donors (Lipinski definition) is 1. The maximum Gasteiger partial charge on any atom is 0.174 e. The summed E-state index contributed by atoms with van der Waals surface area (Å²) >= 11 is 0. The third-order valence-electron chi connectivity index (χ3n) is 3.37. The Balaban J connectivity index is 0.00000180. The number of fused-ring (bicyclic) bond motifs is 1. The minimum Gasteiger partial charge on any atom is -0.492 e. The first-order valence-corrected chi connectivity index (χ1v) is 6.71. The number of para-hydroxylation sites is 1. The molecule has 19 heavy (non-hydrogen) atoms. The molecule has 0 saturated carbocycles. The first-order valence-electron chi connectivity index (χ1n) is 6.71. The number of benzene rings is 1. The molecule has 1 aliphatic heterocycles. The van der Waals surface area contributed by atoms with Gasteiger partial charge in [0.2, 0.25) is 0 Å². The summed E-state index contributed by atoms with van der Waals surface area (Å²) in [6.07, 6.45) is 2.32. The lowest BCUT2D eigenvalue weighted by atomic mass is 9.93. The van der Waals surface area contributed by atoms with Crippen LogP contribution in [-0.4, -0.2) is 25.5 Å². The molecule has 1 atom stereocenters. The number of nitrogens with one attached hydrogen (secondary N) is 1. The zero-order chi connectivity index (χ0) is 13.0. The summed E-state index contributed by atoms with van der Waals surface area (Å²) in [5.41, 5.74) is 1.78. The highest BCUT2D eigenvalue weighted by molar-refractivity contribution is 6.01. The summed E-state index contributed by atoms with van der Waals surface area (Å²) in [5, 5.41) is 3.33. The molecule has 1 aliphatic rings. The van der Waals surface area contributed by atoms with Gasteiger partial charge in [-0.1, -0.05) is 25.5 Å². The van der Waals surface area contributed by atoms with Gasteiger partial charge in [-0.2, -0.15) is 0 Å². The van der Waals surface area contributed by atoms with E-state index in [1.807, 2.05) is 25.1 Å². The topological polar surface area (TPSA) is 38.3 Å². The number of Topliss-reactive ketones (excluding diaryl/α,β-unsaturated/α-hetero) is 1. The second-order valence-corrected chi connectivity index (χ2v) is 4.88. The van der Waals surface area contributed by atoms with Gasteiger partial charge in [-0.05, 0) is 31.5 Å². The number of ether oxygens (including phenoxy) is 1. The zero-order valence-electron chi connectivity index (χ0n) is 11.6. The Labute approximate surface area is 121 Å². The molecule has 0 aliphatic carbocycles. The van der Waals surface area contributed by atoms with Gasteiger partial charge in [0, 0.05) is 6.54 Å². The third-order valence-corrected chi connectivity index (χ3v) is 3.37. The van der Waals surface area contributed by atoms with E-state index in [-0.39, 0.29) is 24.1 Å². The molecular formula is C15H22ClNO2. The van der Waals surface area contributed by atoms with Crippen molar-refractivity contribution >= 4 is 18.2 Å². The molecule has 1 aromatic carbocycles. The smallest absolute Gasteiger partial charge is 0.174 e. The minimum absolute atomic E-state index is 0. The summed E-state index contributed by atoms with van der Waals surface area (Å²) in [6.45, 7) is 6.32. The molecule has 106 valence electrons. The fraction of sp³-hybridized carbons (Fsp3) is 0.533. The number of halogens is 1. The number of carbonyl (C=O) groups excluding carboxylic acids is 1. The van der Waals surface area contributed by atoms with Gasteiger partial charge in [-0.3, -0.25) is 4.79 Å². The van der Waals surface area contributed by atoms with Gasteiger partial charge in [0.15, 0.2) is 5.78 Å². The van der Waals surface area contributed by atoms with Crippen LogP contribution in [0.4, 0.5) is 0 Å². The molecule has 0 spiro atoms. The Morgan fingerprint density at radius 1 is 1.42 bits per heavy atom. The molecular weight excluding hydrogens is 262 g/mol. The van der Waals surface area contributed by atoms with Crippen LogP contribution in [0.3, 0.4) is 0 Å². The largest absolute Gasteiger partial charge is 0.492 e. The van der Waals surface area contributed by atoms with Gasteiger partial charge in [-0.15, -0.1) is 12.4 Å². The number of aryl methyl sites for hydroxylation is 1. The van der Waals surface area contributed by atoms with Crippen molar-refractivity contribution < 1.29 is 9.53 Å². The fourth-order valence-corrected chi connectivity index (χ4v) is 2.25. The van der Waals surface area contributed by atoms with Crippen molar-refractivity contribution in [3.8, 4) is 5.75 Å². The Bertz CT molecular complexity index is 434. The molecule has 1 N–H and O–H groups in total. The van der Waals surface area contributed by atoms with Crippen LogP contribution in [0, 0.1) is 12.8 Å². The molecule has 1 heterocycles. The predicted molar refractivity (Wildman–Crippen MR) is 79.5 cm³/mol. The maximum absolute atomic E-state index is 12.3. The van der Waals surface area contributed by atoms with Crippen LogP contribution in [-0.2, 0) is 0 Å². The van der Waals surface area contributed by atoms with E-state index in [0.29, 0.717) is 13.2 Å². The molecule has 3 nitrogen and oxygen atoms in total. The molecule has 1 unspecified atom stereocenters. The van der Waals surface area contributed by atoms with Gasteiger partial charge in [0.25, 0.3) is 0 Å². The Kier molecular flexibility index (Phi) is 6.32. The predicted octanol–water partition coefficient (Wildman–Crippen LogP) is 3.00. The monoisotopic (exact) mass is 283 g/mol. The summed E-state index contributed by atoms with van der Waals surface area (Å²) in [6, 6.07) is 5.76. The van der Waals surface area contributed by atoms with Crippen molar-refractivity contribution in [3.63, 3.8) is 0 Å². The average molecular weight is 284 g/mol. The normalized spacial score (nSPS) is 17.4. The SMILES string of the molecule is CCCCNCC1COc2c(C)cccc2C1=O.Cl. The molecule has 0 radical (unpaired) electrons. The van der Waals surface area contributed by atoms with Crippen LogP contribution in [0.1, 0.15) is 35.7 Å². The van der Waals surface area contributed by atoms with E-state index in [0.717, 1.165) is 29.8 Å². The molecule has 0 bridgehead atoms. The Hall–Kier alpha value is -1.06. The molecule has 0 amide bonds. The van der Waals surface area contributed by atoms with E-state index in [4.69, 9.17) is 4.74 Å². The van der Waals surface area contributed by atoms with Gasteiger partial charge < -0.3 is 10.1 Å². The number of ketones is 1. The number of unbranched alkanes of at least 4 members (excludes halogenated alkanes) is 1. The van der Waals surface area contributed by atoms with Gasteiger partial charge in [0.1, 0.15) is 5.75 Å². The minimum atomic E-state index is -0.0452. The van der Waals surface area contributed by atoms with Gasteiger partial charge in [0.05, 0.1) is 18.1 Å². The molecule has 2 rings (SSSR count).